The second-order valence-corrected chi connectivity index (χ2v) is 7.46. The van der Waals surface area contributed by atoms with Gasteiger partial charge in [-0.1, -0.05) is 48.0 Å². The van der Waals surface area contributed by atoms with Crippen molar-refractivity contribution in [3.05, 3.63) is 76.5 Å². The molecule has 2 aromatic carbocycles. The van der Waals surface area contributed by atoms with Crippen molar-refractivity contribution >= 4 is 35.4 Å². The van der Waals surface area contributed by atoms with Gasteiger partial charge in [0.25, 0.3) is 0 Å². The van der Waals surface area contributed by atoms with Crippen LogP contribution in [0.2, 0.25) is 5.02 Å². The number of urea groups is 1. The number of halogens is 1. The van der Waals surface area contributed by atoms with Crippen LogP contribution in [0.4, 0.5) is 4.79 Å². The highest BCUT2D eigenvalue weighted by atomic mass is 35.5. The molecule has 0 aliphatic carbocycles. The van der Waals surface area contributed by atoms with Crippen LogP contribution in [-0.2, 0) is 9.53 Å². The molecule has 0 aromatic heterocycles. The Kier molecular flexibility index (Phi) is 6.42. The highest BCUT2D eigenvalue weighted by molar-refractivity contribution is 7.99. The minimum atomic E-state index is -0.651. The lowest BCUT2D eigenvalue weighted by Crippen LogP contribution is -2.45. The van der Waals surface area contributed by atoms with Crippen LogP contribution in [0.25, 0.3) is 0 Å². The number of benzene rings is 2. The predicted octanol–water partition coefficient (Wildman–Crippen LogP) is 4.30. The summed E-state index contributed by atoms with van der Waals surface area (Å²) in [6, 6.07) is 16.0. The Morgan fingerprint density at radius 3 is 2.59 bits per heavy atom. The minimum Gasteiger partial charge on any atom is -0.461 e. The van der Waals surface area contributed by atoms with E-state index in [1.165, 1.54) is 0 Å². The van der Waals surface area contributed by atoms with Gasteiger partial charge in [-0.15, -0.1) is 11.8 Å². The van der Waals surface area contributed by atoms with E-state index in [4.69, 9.17) is 16.3 Å². The van der Waals surface area contributed by atoms with Gasteiger partial charge in [0, 0.05) is 21.4 Å². The number of allylic oxidation sites excluding steroid dienone is 1. The maximum Gasteiger partial charge on any atom is 0.338 e. The molecule has 1 atom stereocenters. The molecule has 5 nitrogen and oxygen atoms in total. The maximum absolute atomic E-state index is 12.7. The molecular weight excluding hydrogens is 384 g/mol. The number of ether oxygens (including phenoxy) is 1. The van der Waals surface area contributed by atoms with Gasteiger partial charge in [-0.25, -0.2) is 9.59 Å². The molecule has 0 saturated heterocycles. The zero-order valence-corrected chi connectivity index (χ0v) is 16.3. The Morgan fingerprint density at radius 1 is 1.15 bits per heavy atom. The van der Waals surface area contributed by atoms with Gasteiger partial charge in [-0.3, -0.25) is 0 Å². The number of carbonyl (C=O) groups is 2. The van der Waals surface area contributed by atoms with E-state index in [-0.39, 0.29) is 12.6 Å². The zero-order valence-electron chi connectivity index (χ0n) is 14.7. The molecule has 2 N–H and O–H groups in total. The number of hydrogen-bond donors (Lipinski definition) is 2. The first-order valence-electron chi connectivity index (χ1n) is 8.44. The summed E-state index contributed by atoms with van der Waals surface area (Å²) >= 11 is 7.88. The quantitative estimate of drug-likeness (QED) is 0.429. The molecular formula is C20H19ClN2O3S. The first-order valence-corrected chi connectivity index (χ1v) is 9.80. The van der Waals surface area contributed by atoms with E-state index in [9.17, 15) is 9.59 Å². The van der Waals surface area contributed by atoms with Crippen LogP contribution in [0.15, 0.2) is 70.8 Å². The van der Waals surface area contributed by atoms with E-state index in [2.05, 4.69) is 10.6 Å². The van der Waals surface area contributed by atoms with E-state index in [1.54, 1.807) is 36.9 Å². The summed E-state index contributed by atoms with van der Waals surface area (Å²) in [5.74, 6) is 0.164. The van der Waals surface area contributed by atoms with E-state index in [0.717, 1.165) is 4.90 Å². The van der Waals surface area contributed by atoms with Crippen LogP contribution in [0.5, 0.6) is 0 Å². The molecule has 0 spiro atoms. The molecule has 1 aliphatic heterocycles. The molecule has 0 unspecified atom stereocenters. The lowest BCUT2D eigenvalue weighted by Gasteiger charge is -2.28. The van der Waals surface area contributed by atoms with Gasteiger partial charge in [0.15, 0.2) is 0 Å². The van der Waals surface area contributed by atoms with Crippen molar-refractivity contribution in [3.63, 3.8) is 0 Å². The van der Waals surface area contributed by atoms with Gasteiger partial charge in [-0.05, 0) is 30.7 Å². The molecule has 0 fully saturated rings. The van der Waals surface area contributed by atoms with Crippen molar-refractivity contribution in [3.8, 4) is 0 Å². The Labute approximate surface area is 167 Å². The molecule has 3 rings (SSSR count). The zero-order chi connectivity index (χ0) is 19.2. The van der Waals surface area contributed by atoms with Crippen molar-refractivity contribution in [2.45, 2.75) is 17.9 Å². The van der Waals surface area contributed by atoms with Gasteiger partial charge in [0.05, 0.1) is 11.6 Å². The summed E-state index contributed by atoms with van der Waals surface area (Å²) < 4.78 is 5.45. The number of rotatable bonds is 6. The molecule has 0 saturated carbocycles. The van der Waals surface area contributed by atoms with Crippen LogP contribution < -0.4 is 10.6 Å². The van der Waals surface area contributed by atoms with Gasteiger partial charge in [0.2, 0.25) is 0 Å². The first-order chi connectivity index (χ1) is 13.1. The predicted molar refractivity (Wildman–Crippen MR) is 107 cm³/mol. The number of amides is 2. The minimum absolute atomic E-state index is 0.262. The lowest BCUT2D eigenvalue weighted by molar-refractivity contribution is -0.138. The van der Waals surface area contributed by atoms with Crippen LogP contribution >= 0.6 is 23.4 Å². The standard InChI is InChI=1S/C20H19ClN2O3S/c1-13-17(19(24)26-11-12-27-14-7-3-2-4-8-14)18(23-20(25)22-13)15-9-5-6-10-16(15)21/h2-10,18H,11-12H2,1H3,(H2,22,23,25)/t18-/m1/s1. The van der Waals surface area contributed by atoms with Crippen LogP contribution in [-0.4, -0.2) is 24.4 Å². The summed E-state index contributed by atoms with van der Waals surface area (Å²) in [7, 11) is 0. The molecule has 140 valence electrons. The van der Waals surface area contributed by atoms with E-state index in [0.29, 0.717) is 27.6 Å². The van der Waals surface area contributed by atoms with Crippen molar-refractivity contribution in [1.82, 2.24) is 10.6 Å². The van der Waals surface area contributed by atoms with E-state index < -0.39 is 12.0 Å². The largest absolute Gasteiger partial charge is 0.461 e. The molecule has 2 amide bonds. The van der Waals surface area contributed by atoms with Crippen molar-refractivity contribution in [2.24, 2.45) is 0 Å². The molecule has 2 aromatic rings. The third-order valence-electron chi connectivity index (χ3n) is 4.03. The van der Waals surface area contributed by atoms with Crippen LogP contribution in [0, 0.1) is 0 Å². The average molecular weight is 403 g/mol. The Hall–Kier alpha value is -2.44. The highest BCUT2D eigenvalue weighted by Gasteiger charge is 2.33. The van der Waals surface area contributed by atoms with E-state index >= 15 is 0 Å². The molecule has 7 heteroatoms. The van der Waals surface area contributed by atoms with Crippen molar-refractivity contribution in [2.75, 3.05) is 12.4 Å². The summed E-state index contributed by atoms with van der Waals surface area (Å²) in [6.45, 7) is 1.94. The van der Waals surface area contributed by atoms with Crippen molar-refractivity contribution in [1.29, 1.82) is 0 Å². The second-order valence-electron chi connectivity index (χ2n) is 5.89. The normalized spacial score (nSPS) is 16.5. The smallest absolute Gasteiger partial charge is 0.338 e. The average Bonchev–Trinajstić information content (AvgIpc) is 2.65. The number of thioether (sulfide) groups is 1. The Balaban J connectivity index is 1.69. The lowest BCUT2D eigenvalue weighted by atomic mass is 9.95. The number of carbonyl (C=O) groups excluding carboxylic acids is 2. The fourth-order valence-corrected chi connectivity index (χ4v) is 3.79. The summed E-state index contributed by atoms with van der Waals surface area (Å²) in [6.07, 6.45) is 0. The molecule has 27 heavy (non-hydrogen) atoms. The third-order valence-corrected chi connectivity index (χ3v) is 5.35. The third kappa shape index (κ3) is 4.84. The fourth-order valence-electron chi connectivity index (χ4n) is 2.80. The summed E-state index contributed by atoms with van der Waals surface area (Å²) in [4.78, 5) is 25.7. The van der Waals surface area contributed by atoms with Crippen LogP contribution in [0.1, 0.15) is 18.5 Å². The van der Waals surface area contributed by atoms with Crippen LogP contribution in [0.3, 0.4) is 0 Å². The SMILES string of the molecule is CC1=C(C(=O)OCCSc2ccccc2)[C@@H](c2ccccc2Cl)NC(=O)N1. The van der Waals surface area contributed by atoms with Crippen molar-refractivity contribution < 1.29 is 14.3 Å². The molecule has 0 radical (unpaired) electrons. The van der Waals surface area contributed by atoms with E-state index in [1.807, 2.05) is 36.4 Å². The Bertz CT molecular complexity index is 871. The number of hydrogen-bond acceptors (Lipinski definition) is 4. The first kappa shape index (κ1) is 19.3. The number of esters is 1. The molecule has 1 aliphatic rings. The molecule has 0 bridgehead atoms. The highest BCUT2D eigenvalue weighted by Crippen LogP contribution is 2.32. The summed E-state index contributed by atoms with van der Waals surface area (Å²) in [5.41, 5.74) is 1.47. The fraction of sp³-hybridized carbons (Fsp3) is 0.200. The summed E-state index contributed by atoms with van der Waals surface area (Å²) in [5, 5.41) is 5.85. The van der Waals surface area contributed by atoms with Gasteiger partial charge < -0.3 is 15.4 Å². The number of nitrogens with one attached hydrogen (secondary N) is 2. The maximum atomic E-state index is 12.7. The van der Waals surface area contributed by atoms with Gasteiger partial charge in [0.1, 0.15) is 6.61 Å². The second kappa shape index (κ2) is 8.97. The monoisotopic (exact) mass is 402 g/mol. The topological polar surface area (TPSA) is 67.4 Å². The Morgan fingerprint density at radius 2 is 1.85 bits per heavy atom. The van der Waals surface area contributed by atoms with Gasteiger partial charge in [-0.2, -0.15) is 0 Å². The van der Waals surface area contributed by atoms with Gasteiger partial charge >= 0.3 is 12.0 Å². The molecule has 1 heterocycles.